The maximum Gasteiger partial charge on any atom is 0.189 e. The monoisotopic (exact) mass is 426 g/mol. The lowest BCUT2D eigenvalue weighted by Gasteiger charge is -2.12. The highest BCUT2D eigenvalue weighted by molar-refractivity contribution is 7.22. The fourth-order valence-electron chi connectivity index (χ4n) is 2.99. The molecule has 0 unspecified atom stereocenters. The third kappa shape index (κ3) is 4.24. The molecule has 5 aromatic rings. The van der Waals surface area contributed by atoms with Gasteiger partial charge in [-0.05, 0) is 48.5 Å². The molecule has 0 bridgehead atoms. The molecule has 0 aliphatic carbocycles. The van der Waals surface area contributed by atoms with E-state index in [1.165, 1.54) is 6.33 Å². The predicted molar refractivity (Wildman–Crippen MR) is 126 cm³/mol. The van der Waals surface area contributed by atoms with Gasteiger partial charge in [0.05, 0.1) is 10.2 Å². The summed E-state index contributed by atoms with van der Waals surface area (Å²) in [6, 6.07) is 25.2. The second-order valence-electron chi connectivity index (χ2n) is 6.66. The molecule has 3 aromatic carbocycles. The van der Waals surface area contributed by atoms with E-state index < -0.39 is 0 Å². The molecule has 0 fully saturated rings. The van der Waals surface area contributed by atoms with Crippen LogP contribution in [0.5, 0.6) is 11.5 Å². The third-order valence-electron chi connectivity index (χ3n) is 4.50. The Balaban J connectivity index is 1.31. The van der Waals surface area contributed by atoms with Crippen molar-refractivity contribution in [1.29, 1.82) is 0 Å². The average Bonchev–Trinajstić information content (AvgIpc) is 3.21. The Morgan fingerprint density at radius 1 is 0.742 bits per heavy atom. The summed E-state index contributed by atoms with van der Waals surface area (Å²) in [7, 11) is 0. The van der Waals surface area contributed by atoms with E-state index >= 15 is 0 Å². The van der Waals surface area contributed by atoms with Gasteiger partial charge >= 0.3 is 0 Å². The lowest BCUT2D eigenvalue weighted by Crippen LogP contribution is -2.05. The van der Waals surface area contributed by atoms with Crippen molar-refractivity contribution >= 4 is 49.7 Å². The van der Waals surface area contributed by atoms with Gasteiger partial charge in [-0.25, -0.2) is 15.0 Å². The Morgan fingerprint density at radius 3 is 2.19 bits per heavy atom. The van der Waals surface area contributed by atoms with Crippen molar-refractivity contribution in [3.8, 4) is 11.5 Å². The summed E-state index contributed by atoms with van der Waals surface area (Å²) in [5.74, 6) is 2.54. The van der Waals surface area contributed by atoms with E-state index in [0.717, 1.165) is 32.5 Å². The fourth-order valence-corrected chi connectivity index (χ4v) is 3.85. The maximum absolute atomic E-state index is 6.31. The number of benzene rings is 3. The Bertz CT molecular complexity index is 1290. The fraction of sp³-hybridized carbons (Fsp3) is 0. The molecule has 0 radical (unpaired) electrons. The molecule has 31 heavy (non-hydrogen) atoms. The van der Waals surface area contributed by atoms with Crippen LogP contribution in [-0.2, 0) is 0 Å². The van der Waals surface area contributed by atoms with Crippen LogP contribution in [0.15, 0.2) is 85.2 Å². The second kappa shape index (κ2) is 8.29. The van der Waals surface area contributed by atoms with Gasteiger partial charge in [-0.15, -0.1) is 0 Å². The maximum atomic E-state index is 6.31. The van der Waals surface area contributed by atoms with E-state index in [9.17, 15) is 0 Å². The van der Waals surface area contributed by atoms with Gasteiger partial charge in [0, 0.05) is 5.69 Å². The number of fused-ring (bicyclic) bond motifs is 1. The highest BCUT2D eigenvalue weighted by Crippen LogP contribution is 2.32. The first-order chi connectivity index (χ1) is 15.2. The molecule has 0 atom stereocenters. The van der Waals surface area contributed by atoms with Gasteiger partial charge < -0.3 is 21.1 Å². The molecule has 0 saturated heterocycles. The number of aromatic nitrogens is 3. The standard InChI is InChI=1S/C23H18N6OS/c24-20-21(27-15-10-12-17(13-11-15)30-16-6-2-1-3-7-16)25-14-26-22(20)29-23-28-18-8-4-5-9-19(18)31-23/h1-14H,24H2,(H2,25,26,27,28,29). The van der Waals surface area contributed by atoms with Gasteiger partial charge in [-0.2, -0.15) is 0 Å². The van der Waals surface area contributed by atoms with Crippen LogP contribution in [-0.4, -0.2) is 15.0 Å². The molecular formula is C23H18N6OS. The summed E-state index contributed by atoms with van der Waals surface area (Å²) >= 11 is 1.54. The first-order valence-electron chi connectivity index (χ1n) is 9.58. The van der Waals surface area contributed by atoms with Crippen LogP contribution in [0.2, 0.25) is 0 Å². The lowest BCUT2D eigenvalue weighted by molar-refractivity contribution is 0.483. The Labute approximate surface area is 182 Å². The summed E-state index contributed by atoms with van der Waals surface area (Å²) < 4.78 is 6.92. The van der Waals surface area contributed by atoms with Gasteiger partial charge in [0.1, 0.15) is 23.5 Å². The summed E-state index contributed by atoms with van der Waals surface area (Å²) in [6.07, 6.45) is 1.46. The third-order valence-corrected chi connectivity index (χ3v) is 5.45. The Morgan fingerprint density at radius 2 is 1.42 bits per heavy atom. The van der Waals surface area contributed by atoms with Crippen molar-refractivity contribution in [2.24, 2.45) is 0 Å². The Kier molecular flexibility index (Phi) is 5.04. The minimum absolute atomic E-state index is 0.409. The molecule has 8 heteroatoms. The number of anilines is 5. The van der Waals surface area contributed by atoms with Crippen molar-refractivity contribution in [2.45, 2.75) is 0 Å². The number of hydrogen-bond acceptors (Lipinski definition) is 8. The molecule has 0 aliphatic rings. The first-order valence-corrected chi connectivity index (χ1v) is 10.4. The predicted octanol–water partition coefficient (Wildman–Crippen LogP) is 5.95. The van der Waals surface area contributed by atoms with E-state index in [4.69, 9.17) is 10.5 Å². The number of para-hydroxylation sites is 2. The molecule has 0 spiro atoms. The van der Waals surface area contributed by atoms with Crippen molar-refractivity contribution < 1.29 is 4.74 Å². The molecular weight excluding hydrogens is 408 g/mol. The minimum Gasteiger partial charge on any atom is -0.457 e. The Hall–Kier alpha value is -4.17. The van der Waals surface area contributed by atoms with Crippen LogP contribution in [0.1, 0.15) is 0 Å². The van der Waals surface area contributed by atoms with Crippen molar-refractivity contribution in [3.63, 3.8) is 0 Å². The minimum atomic E-state index is 0.409. The van der Waals surface area contributed by atoms with E-state index in [-0.39, 0.29) is 0 Å². The van der Waals surface area contributed by atoms with E-state index in [1.54, 1.807) is 11.3 Å². The van der Waals surface area contributed by atoms with Gasteiger partial charge in [-0.1, -0.05) is 41.7 Å². The average molecular weight is 427 g/mol. The summed E-state index contributed by atoms with van der Waals surface area (Å²) in [5.41, 5.74) is 8.48. The first kappa shape index (κ1) is 18.8. The van der Waals surface area contributed by atoms with Crippen LogP contribution in [0.4, 0.5) is 28.1 Å². The summed E-state index contributed by atoms with van der Waals surface area (Å²) in [6.45, 7) is 0. The zero-order valence-corrected chi connectivity index (χ0v) is 17.1. The zero-order chi connectivity index (χ0) is 21.0. The molecule has 0 aliphatic heterocycles. The number of ether oxygens (including phenoxy) is 1. The number of nitrogens with one attached hydrogen (secondary N) is 2. The molecule has 7 nitrogen and oxygen atoms in total. The normalized spacial score (nSPS) is 10.7. The number of nitrogens with two attached hydrogens (primary N) is 1. The molecule has 4 N–H and O–H groups in total. The summed E-state index contributed by atoms with van der Waals surface area (Å²) in [5, 5.41) is 7.15. The quantitative estimate of drug-likeness (QED) is 0.309. The van der Waals surface area contributed by atoms with Gasteiger partial charge in [-0.3, -0.25) is 0 Å². The van der Waals surface area contributed by atoms with Crippen LogP contribution in [0.25, 0.3) is 10.2 Å². The number of rotatable bonds is 6. The van der Waals surface area contributed by atoms with Crippen LogP contribution in [0.3, 0.4) is 0 Å². The molecule has 0 saturated carbocycles. The van der Waals surface area contributed by atoms with Gasteiger partial charge in [0.25, 0.3) is 0 Å². The number of thiazole rings is 1. The molecule has 152 valence electrons. The largest absolute Gasteiger partial charge is 0.457 e. The van der Waals surface area contributed by atoms with Crippen LogP contribution in [0, 0.1) is 0 Å². The molecule has 2 heterocycles. The van der Waals surface area contributed by atoms with Crippen molar-refractivity contribution in [2.75, 3.05) is 16.4 Å². The van der Waals surface area contributed by atoms with E-state index in [1.807, 2.05) is 78.9 Å². The second-order valence-corrected chi connectivity index (χ2v) is 7.69. The van der Waals surface area contributed by atoms with Crippen LogP contribution >= 0.6 is 11.3 Å². The molecule has 5 rings (SSSR count). The SMILES string of the molecule is Nc1c(Nc2ccc(Oc3ccccc3)cc2)ncnc1Nc1nc2ccccc2s1. The van der Waals surface area contributed by atoms with E-state index in [2.05, 4.69) is 25.6 Å². The summed E-state index contributed by atoms with van der Waals surface area (Å²) in [4.78, 5) is 13.1. The highest BCUT2D eigenvalue weighted by atomic mass is 32.1. The van der Waals surface area contributed by atoms with E-state index in [0.29, 0.717) is 17.3 Å². The number of hydrogen-bond donors (Lipinski definition) is 3. The van der Waals surface area contributed by atoms with Crippen molar-refractivity contribution in [1.82, 2.24) is 15.0 Å². The zero-order valence-electron chi connectivity index (χ0n) is 16.3. The molecule has 0 amide bonds. The van der Waals surface area contributed by atoms with Gasteiger partial charge in [0.15, 0.2) is 16.8 Å². The van der Waals surface area contributed by atoms with Gasteiger partial charge in [0.2, 0.25) is 0 Å². The van der Waals surface area contributed by atoms with Crippen molar-refractivity contribution in [3.05, 3.63) is 85.2 Å². The topological polar surface area (TPSA) is 98.0 Å². The highest BCUT2D eigenvalue weighted by Gasteiger charge is 2.11. The smallest absolute Gasteiger partial charge is 0.189 e. The number of nitrogens with zero attached hydrogens (tertiary/aromatic N) is 3. The number of nitrogen functional groups attached to an aromatic ring is 1. The molecule has 2 aromatic heterocycles. The lowest BCUT2D eigenvalue weighted by atomic mass is 10.3. The van der Waals surface area contributed by atoms with Crippen LogP contribution < -0.4 is 21.1 Å².